The second-order valence-corrected chi connectivity index (χ2v) is 4.13. The van der Waals surface area contributed by atoms with Crippen LogP contribution in [0.1, 0.15) is 6.92 Å². The molecule has 5 nitrogen and oxygen atoms in total. The van der Waals surface area contributed by atoms with E-state index in [0.717, 1.165) is 32.7 Å². The molecule has 16 heavy (non-hydrogen) atoms. The lowest BCUT2D eigenvalue weighted by molar-refractivity contribution is 0.0380. The molecule has 1 atom stereocenters. The van der Waals surface area contributed by atoms with Crippen LogP contribution in [-0.2, 0) is 4.74 Å². The third-order valence-electron chi connectivity index (χ3n) is 3.03. The summed E-state index contributed by atoms with van der Waals surface area (Å²) in [6, 6.07) is 0.474. The van der Waals surface area contributed by atoms with Crippen molar-refractivity contribution in [1.82, 2.24) is 15.1 Å². The number of piperazine rings is 1. The molecule has 2 aliphatic rings. The number of rotatable bonds is 0. The van der Waals surface area contributed by atoms with Gasteiger partial charge in [0.05, 0.1) is 13.2 Å². The van der Waals surface area contributed by atoms with Crippen molar-refractivity contribution in [2.24, 2.45) is 0 Å². The highest BCUT2D eigenvalue weighted by molar-refractivity contribution is 5.85. The summed E-state index contributed by atoms with van der Waals surface area (Å²) in [4.78, 5) is 16.0. The summed E-state index contributed by atoms with van der Waals surface area (Å²) in [5.41, 5.74) is 0. The molecule has 1 unspecified atom stereocenters. The molecule has 0 spiro atoms. The summed E-state index contributed by atoms with van der Waals surface area (Å²) in [5.74, 6) is 0. The van der Waals surface area contributed by atoms with Gasteiger partial charge in [0, 0.05) is 38.8 Å². The van der Waals surface area contributed by atoms with E-state index in [1.807, 2.05) is 9.80 Å². The maximum Gasteiger partial charge on any atom is 0.320 e. The van der Waals surface area contributed by atoms with Crippen LogP contribution in [-0.4, -0.2) is 67.8 Å². The van der Waals surface area contributed by atoms with Gasteiger partial charge in [0.15, 0.2) is 0 Å². The van der Waals surface area contributed by atoms with E-state index in [1.54, 1.807) is 0 Å². The first-order chi connectivity index (χ1) is 7.29. The van der Waals surface area contributed by atoms with E-state index in [-0.39, 0.29) is 18.4 Å². The Morgan fingerprint density at radius 3 is 2.62 bits per heavy atom. The van der Waals surface area contributed by atoms with Gasteiger partial charge in [0.1, 0.15) is 0 Å². The van der Waals surface area contributed by atoms with Gasteiger partial charge >= 0.3 is 6.03 Å². The maximum absolute atomic E-state index is 12.1. The smallest absolute Gasteiger partial charge is 0.320 e. The van der Waals surface area contributed by atoms with Crippen LogP contribution in [0.5, 0.6) is 0 Å². The van der Waals surface area contributed by atoms with Crippen LogP contribution in [0.25, 0.3) is 0 Å². The van der Waals surface area contributed by atoms with Crippen LogP contribution in [0.3, 0.4) is 0 Å². The first kappa shape index (κ1) is 13.5. The molecule has 0 aromatic heterocycles. The number of hydrogen-bond acceptors (Lipinski definition) is 3. The number of halogens is 1. The number of morpholine rings is 1. The molecule has 0 aliphatic carbocycles. The Balaban J connectivity index is 0.00000128. The summed E-state index contributed by atoms with van der Waals surface area (Å²) >= 11 is 0. The molecule has 2 fully saturated rings. The second-order valence-electron chi connectivity index (χ2n) is 4.13. The van der Waals surface area contributed by atoms with Crippen LogP contribution in [0.15, 0.2) is 0 Å². The highest BCUT2D eigenvalue weighted by Gasteiger charge is 2.27. The van der Waals surface area contributed by atoms with Gasteiger partial charge in [-0.3, -0.25) is 0 Å². The summed E-state index contributed by atoms with van der Waals surface area (Å²) in [6.07, 6.45) is 0. The number of carbonyl (C=O) groups excluding carboxylic acids is 1. The van der Waals surface area contributed by atoms with Gasteiger partial charge in [-0.2, -0.15) is 0 Å². The largest absolute Gasteiger partial charge is 0.378 e. The Kier molecular flexibility index (Phi) is 5.31. The van der Waals surface area contributed by atoms with E-state index >= 15 is 0 Å². The average Bonchev–Trinajstić information content (AvgIpc) is 2.30. The standard InChI is InChI=1S/C10H19N3O2.ClH/c1-9-8-11-2-3-13(9)10(14)12-4-6-15-7-5-12;/h9,11H,2-8H2,1H3;1H. The van der Waals surface area contributed by atoms with Gasteiger partial charge in [0.2, 0.25) is 0 Å². The molecule has 0 aromatic carbocycles. The van der Waals surface area contributed by atoms with E-state index in [0.29, 0.717) is 19.3 Å². The molecular weight excluding hydrogens is 230 g/mol. The molecule has 2 amide bonds. The zero-order valence-corrected chi connectivity index (χ0v) is 10.5. The Morgan fingerprint density at radius 1 is 1.31 bits per heavy atom. The van der Waals surface area contributed by atoms with Crippen molar-refractivity contribution in [2.45, 2.75) is 13.0 Å². The zero-order chi connectivity index (χ0) is 10.7. The van der Waals surface area contributed by atoms with Crippen LogP contribution in [0.2, 0.25) is 0 Å². The van der Waals surface area contributed by atoms with Crippen molar-refractivity contribution in [1.29, 1.82) is 0 Å². The Hall–Kier alpha value is -0.520. The predicted octanol–water partition coefficient (Wildman–Crippen LogP) is 0.154. The summed E-state index contributed by atoms with van der Waals surface area (Å²) < 4.78 is 5.24. The number of carbonyl (C=O) groups is 1. The number of ether oxygens (including phenoxy) is 1. The first-order valence-electron chi connectivity index (χ1n) is 5.63. The topological polar surface area (TPSA) is 44.8 Å². The summed E-state index contributed by atoms with van der Waals surface area (Å²) in [5, 5.41) is 3.29. The molecule has 2 rings (SSSR count). The highest BCUT2D eigenvalue weighted by atomic mass is 35.5. The highest BCUT2D eigenvalue weighted by Crippen LogP contribution is 2.08. The van der Waals surface area contributed by atoms with E-state index in [9.17, 15) is 4.79 Å². The first-order valence-corrected chi connectivity index (χ1v) is 5.63. The van der Waals surface area contributed by atoms with Crippen molar-refractivity contribution in [3.63, 3.8) is 0 Å². The van der Waals surface area contributed by atoms with Crippen molar-refractivity contribution >= 4 is 18.4 Å². The second kappa shape index (κ2) is 6.27. The molecule has 2 heterocycles. The molecule has 0 radical (unpaired) electrons. The number of amides is 2. The van der Waals surface area contributed by atoms with E-state index in [2.05, 4.69) is 12.2 Å². The number of urea groups is 1. The van der Waals surface area contributed by atoms with Gasteiger partial charge in [0.25, 0.3) is 0 Å². The SMILES string of the molecule is CC1CNCCN1C(=O)N1CCOCC1.Cl. The number of hydrogen-bond donors (Lipinski definition) is 1. The molecule has 1 N–H and O–H groups in total. The third kappa shape index (κ3) is 2.99. The van der Waals surface area contributed by atoms with Gasteiger partial charge in [-0.15, -0.1) is 12.4 Å². The molecule has 0 bridgehead atoms. The lowest BCUT2D eigenvalue weighted by Gasteiger charge is -2.38. The Morgan fingerprint density at radius 2 is 2.00 bits per heavy atom. The minimum atomic E-state index is 0. The maximum atomic E-state index is 12.1. The fourth-order valence-electron chi connectivity index (χ4n) is 2.06. The number of nitrogens with zero attached hydrogens (tertiary/aromatic N) is 2. The van der Waals surface area contributed by atoms with Crippen LogP contribution >= 0.6 is 12.4 Å². The van der Waals surface area contributed by atoms with Crippen molar-refractivity contribution in [2.75, 3.05) is 45.9 Å². The molecule has 0 saturated carbocycles. The summed E-state index contributed by atoms with van der Waals surface area (Å²) in [7, 11) is 0. The minimum Gasteiger partial charge on any atom is -0.378 e. The van der Waals surface area contributed by atoms with E-state index < -0.39 is 0 Å². The summed E-state index contributed by atoms with van der Waals surface area (Å²) in [6.45, 7) is 7.52. The molecule has 2 aliphatic heterocycles. The van der Waals surface area contributed by atoms with Crippen LogP contribution in [0.4, 0.5) is 4.79 Å². The molecule has 2 saturated heterocycles. The Bertz CT molecular complexity index is 234. The van der Waals surface area contributed by atoms with Gasteiger partial charge in [-0.1, -0.05) is 0 Å². The fraction of sp³-hybridized carbons (Fsp3) is 0.900. The Labute approximate surface area is 103 Å². The van der Waals surface area contributed by atoms with Crippen molar-refractivity contribution in [3.05, 3.63) is 0 Å². The monoisotopic (exact) mass is 249 g/mol. The van der Waals surface area contributed by atoms with Crippen molar-refractivity contribution < 1.29 is 9.53 Å². The molecule has 94 valence electrons. The van der Waals surface area contributed by atoms with Crippen molar-refractivity contribution in [3.8, 4) is 0 Å². The average molecular weight is 250 g/mol. The minimum absolute atomic E-state index is 0. The molecular formula is C10H20ClN3O2. The van der Waals surface area contributed by atoms with Crippen LogP contribution < -0.4 is 5.32 Å². The van der Waals surface area contributed by atoms with E-state index in [4.69, 9.17) is 4.74 Å². The lowest BCUT2D eigenvalue weighted by atomic mass is 10.2. The normalized spacial score (nSPS) is 26.2. The lowest BCUT2D eigenvalue weighted by Crippen LogP contribution is -2.57. The molecule has 6 heteroatoms. The number of nitrogens with one attached hydrogen (secondary N) is 1. The zero-order valence-electron chi connectivity index (χ0n) is 9.65. The fourth-order valence-corrected chi connectivity index (χ4v) is 2.06. The van der Waals surface area contributed by atoms with Crippen LogP contribution in [0, 0.1) is 0 Å². The molecule has 0 aromatic rings. The van der Waals surface area contributed by atoms with E-state index in [1.165, 1.54) is 0 Å². The predicted molar refractivity (Wildman–Crippen MR) is 64.1 cm³/mol. The van der Waals surface area contributed by atoms with Gasteiger partial charge < -0.3 is 19.9 Å². The van der Waals surface area contributed by atoms with Gasteiger partial charge in [-0.05, 0) is 6.92 Å². The van der Waals surface area contributed by atoms with Gasteiger partial charge in [-0.25, -0.2) is 4.79 Å². The third-order valence-corrected chi connectivity index (χ3v) is 3.03. The quantitative estimate of drug-likeness (QED) is 0.665.